The average Bonchev–Trinajstić information content (AvgIpc) is 3.29. The molecule has 1 atom stereocenters. The van der Waals surface area contributed by atoms with E-state index in [1.807, 2.05) is 24.3 Å². The van der Waals surface area contributed by atoms with Gasteiger partial charge in [-0.05, 0) is 55.3 Å². The fourth-order valence-electron chi connectivity index (χ4n) is 5.28. The molecule has 4 aromatic rings. The first-order valence-electron chi connectivity index (χ1n) is 11.2. The van der Waals surface area contributed by atoms with Crippen LogP contribution in [0.15, 0.2) is 72.2 Å². The van der Waals surface area contributed by atoms with Crippen LogP contribution in [-0.4, -0.2) is 32.8 Å². The van der Waals surface area contributed by atoms with Crippen molar-refractivity contribution in [2.45, 2.75) is 32.7 Å². The van der Waals surface area contributed by atoms with Gasteiger partial charge in [-0.15, -0.1) is 0 Å². The number of amides is 2. The van der Waals surface area contributed by atoms with Gasteiger partial charge in [-0.1, -0.05) is 18.2 Å². The summed E-state index contributed by atoms with van der Waals surface area (Å²) in [7, 11) is 0. The minimum atomic E-state index is -0.292. The number of nitrogens with zero attached hydrogens (tertiary/aromatic N) is 3. The van der Waals surface area contributed by atoms with Crippen molar-refractivity contribution >= 4 is 39.3 Å². The maximum Gasteiger partial charge on any atom is 0.259 e. The highest BCUT2D eigenvalue weighted by Gasteiger charge is 2.41. The van der Waals surface area contributed by atoms with Crippen molar-refractivity contribution < 1.29 is 9.59 Å². The molecule has 33 heavy (non-hydrogen) atoms. The van der Waals surface area contributed by atoms with E-state index in [0.29, 0.717) is 5.57 Å². The summed E-state index contributed by atoms with van der Waals surface area (Å²) in [5.74, 6) is -0.755. The van der Waals surface area contributed by atoms with Gasteiger partial charge in [0.05, 0.1) is 23.2 Å². The molecule has 6 nitrogen and oxygen atoms in total. The molecule has 2 amide bonds. The SMILES string of the molecule is CC(=O)N1CC2=C(C1=O)[C@H](c1ccc3ncccc3c1)c1cn(C(C)C)c3cccc(c13)N2. The van der Waals surface area contributed by atoms with Crippen LogP contribution in [0.5, 0.6) is 0 Å². The van der Waals surface area contributed by atoms with Crippen LogP contribution in [0.2, 0.25) is 0 Å². The highest BCUT2D eigenvalue weighted by Crippen LogP contribution is 2.47. The highest BCUT2D eigenvalue weighted by molar-refractivity contribution is 6.11. The van der Waals surface area contributed by atoms with Crippen LogP contribution >= 0.6 is 0 Å². The molecule has 164 valence electrons. The van der Waals surface area contributed by atoms with Crippen molar-refractivity contribution in [2.75, 3.05) is 11.9 Å². The first kappa shape index (κ1) is 19.7. The molecule has 2 aliphatic heterocycles. The number of pyridine rings is 1. The Morgan fingerprint density at radius 2 is 2.00 bits per heavy atom. The van der Waals surface area contributed by atoms with Gasteiger partial charge in [-0.2, -0.15) is 0 Å². The number of hydrogen-bond acceptors (Lipinski definition) is 4. The molecule has 0 aliphatic carbocycles. The topological polar surface area (TPSA) is 67.2 Å². The lowest BCUT2D eigenvalue weighted by atomic mass is 9.84. The standard InChI is InChI=1S/C27H24N4O2/c1-15(2)30-13-19-24(18-9-10-20-17(12-18)6-5-11-28-20)26-22(14-31(16(3)32)27(26)33)29-21-7-4-8-23(30)25(19)21/h4-13,15,24,29H,14H2,1-3H3/t24-/m1/s1. The van der Waals surface area contributed by atoms with Crippen molar-refractivity contribution in [3.63, 3.8) is 0 Å². The molecule has 0 unspecified atom stereocenters. The molecule has 2 aliphatic rings. The Labute approximate surface area is 191 Å². The van der Waals surface area contributed by atoms with Crippen LogP contribution in [0.4, 0.5) is 5.69 Å². The van der Waals surface area contributed by atoms with Crippen molar-refractivity contribution in [1.29, 1.82) is 0 Å². The van der Waals surface area contributed by atoms with Gasteiger partial charge in [0.15, 0.2) is 0 Å². The smallest absolute Gasteiger partial charge is 0.259 e. The van der Waals surface area contributed by atoms with E-state index < -0.39 is 0 Å². The van der Waals surface area contributed by atoms with Crippen molar-refractivity contribution in [2.24, 2.45) is 0 Å². The Balaban J connectivity index is 1.67. The third-order valence-corrected chi connectivity index (χ3v) is 6.79. The first-order chi connectivity index (χ1) is 15.9. The summed E-state index contributed by atoms with van der Waals surface area (Å²) in [6.45, 7) is 6.03. The summed E-state index contributed by atoms with van der Waals surface area (Å²) >= 11 is 0. The van der Waals surface area contributed by atoms with Gasteiger partial charge in [0, 0.05) is 53.4 Å². The van der Waals surface area contributed by atoms with E-state index in [9.17, 15) is 9.59 Å². The normalized spacial score (nSPS) is 17.6. The van der Waals surface area contributed by atoms with Crippen LogP contribution in [0.3, 0.4) is 0 Å². The molecule has 0 saturated carbocycles. The van der Waals surface area contributed by atoms with Gasteiger partial charge in [0.25, 0.3) is 5.91 Å². The number of carbonyl (C=O) groups is 2. The summed E-state index contributed by atoms with van der Waals surface area (Å²) in [5, 5.41) is 5.68. The number of carbonyl (C=O) groups excluding carboxylic acids is 2. The van der Waals surface area contributed by atoms with Gasteiger partial charge in [0.1, 0.15) is 0 Å². The van der Waals surface area contributed by atoms with Gasteiger partial charge in [0.2, 0.25) is 5.91 Å². The van der Waals surface area contributed by atoms with Crippen LogP contribution in [-0.2, 0) is 9.59 Å². The largest absolute Gasteiger partial charge is 0.356 e. The first-order valence-corrected chi connectivity index (χ1v) is 11.2. The van der Waals surface area contributed by atoms with E-state index in [1.54, 1.807) is 6.20 Å². The van der Waals surface area contributed by atoms with Crippen LogP contribution in [0.1, 0.15) is 43.9 Å². The quantitative estimate of drug-likeness (QED) is 0.482. The van der Waals surface area contributed by atoms with E-state index >= 15 is 0 Å². The summed E-state index contributed by atoms with van der Waals surface area (Å²) in [6, 6.07) is 16.6. The van der Waals surface area contributed by atoms with Crippen molar-refractivity contribution in [3.8, 4) is 0 Å². The lowest BCUT2D eigenvalue weighted by Gasteiger charge is -2.20. The predicted molar refractivity (Wildman–Crippen MR) is 129 cm³/mol. The monoisotopic (exact) mass is 436 g/mol. The highest BCUT2D eigenvalue weighted by atomic mass is 16.2. The van der Waals surface area contributed by atoms with Crippen LogP contribution in [0, 0.1) is 0 Å². The van der Waals surface area contributed by atoms with Gasteiger partial charge < -0.3 is 9.88 Å². The molecule has 4 heterocycles. The predicted octanol–water partition coefficient (Wildman–Crippen LogP) is 4.97. The van der Waals surface area contributed by atoms with E-state index in [1.165, 1.54) is 11.8 Å². The minimum Gasteiger partial charge on any atom is -0.356 e. The molecule has 6 heteroatoms. The number of benzene rings is 2. The summed E-state index contributed by atoms with van der Waals surface area (Å²) in [6.07, 6.45) is 3.96. The fourth-order valence-corrected chi connectivity index (χ4v) is 5.28. The Morgan fingerprint density at radius 1 is 1.15 bits per heavy atom. The van der Waals surface area contributed by atoms with Crippen LogP contribution < -0.4 is 5.32 Å². The Hall–Kier alpha value is -3.93. The lowest BCUT2D eigenvalue weighted by Crippen LogP contribution is -2.33. The molecule has 0 fully saturated rings. The molecule has 6 rings (SSSR count). The van der Waals surface area contributed by atoms with Crippen molar-refractivity contribution in [3.05, 3.63) is 83.3 Å². The number of imide groups is 1. The summed E-state index contributed by atoms with van der Waals surface area (Å²) in [5.41, 5.74) is 6.55. The number of nitrogens with one attached hydrogen (secondary N) is 1. The Bertz CT molecular complexity index is 1510. The third kappa shape index (κ3) is 2.83. The molecule has 0 saturated heterocycles. The zero-order chi connectivity index (χ0) is 22.9. The van der Waals surface area contributed by atoms with Gasteiger partial charge in [-0.3, -0.25) is 19.5 Å². The van der Waals surface area contributed by atoms with Gasteiger partial charge in [-0.25, -0.2) is 0 Å². The van der Waals surface area contributed by atoms with E-state index in [4.69, 9.17) is 0 Å². The fraction of sp³-hybridized carbons (Fsp3) is 0.222. The number of aromatic nitrogens is 2. The second-order valence-corrected chi connectivity index (χ2v) is 9.10. The molecule has 0 bridgehead atoms. The second-order valence-electron chi connectivity index (χ2n) is 9.10. The molecular weight excluding hydrogens is 412 g/mol. The van der Waals surface area contributed by atoms with Gasteiger partial charge >= 0.3 is 0 Å². The summed E-state index contributed by atoms with van der Waals surface area (Å²) in [4.78, 5) is 31.6. The van der Waals surface area contributed by atoms with Crippen LogP contribution in [0.25, 0.3) is 21.8 Å². The minimum absolute atomic E-state index is 0.223. The molecule has 2 aromatic heterocycles. The van der Waals surface area contributed by atoms with E-state index in [-0.39, 0.29) is 30.3 Å². The number of fused-ring (bicyclic) bond motifs is 1. The van der Waals surface area contributed by atoms with E-state index in [0.717, 1.165) is 44.3 Å². The molecule has 0 radical (unpaired) electrons. The number of anilines is 1. The zero-order valence-corrected chi connectivity index (χ0v) is 18.8. The average molecular weight is 437 g/mol. The molecule has 0 spiro atoms. The zero-order valence-electron chi connectivity index (χ0n) is 18.8. The number of rotatable bonds is 2. The summed E-state index contributed by atoms with van der Waals surface area (Å²) < 4.78 is 2.26. The Kier molecular flexibility index (Phi) is 4.21. The molecular formula is C27H24N4O2. The lowest BCUT2D eigenvalue weighted by molar-refractivity contribution is -0.139. The second kappa shape index (κ2) is 7.04. The molecule has 2 aromatic carbocycles. The molecule has 1 N–H and O–H groups in total. The Morgan fingerprint density at radius 3 is 2.79 bits per heavy atom. The number of hydrogen-bond donors (Lipinski definition) is 1. The van der Waals surface area contributed by atoms with E-state index in [2.05, 4.69) is 59.2 Å². The van der Waals surface area contributed by atoms with Crippen molar-refractivity contribution in [1.82, 2.24) is 14.5 Å². The maximum absolute atomic E-state index is 13.6. The third-order valence-electron chi connectivity index (χ3n) is 6.79. The maximum atomic E-state index is 13.6.